The van der Waals surface area contributed by atoms with Crippen molar-refractivity contribution in [2.75, 3.05) is 31.1 Å². The van der Waals surface area contributed by atoms with Crippen LogP contribution in [0.3, 0.4) is 0 Å². The summed E-state index contributed by atoms with van der Waals surface area (Å²) < 4.78 is 16.6. The molecular formula is C23H30Cl2N6O2S. The Labute approximate surface area is 215 Å². The van der Waals surface area contributed by atoms with Crippen LogP contribution in [-0.4, -0.2) is 54.5 Å². The van der Waals surface area contributed by atoms with Crippen molar-refractivity contribution in [1.82, 2.24) is 25.3 Å². The molecule has 1 aliphatic heterocycles. The van der Waals surface area contributed by atoms with Gasteiger partial charge in [-0.2, -0.15) is 8.42 Å². The lowest BCUT2D eigenvalue weighted by atomic mass is 9.97. The first-order valence-corrected chi connectivity index (χ1v) is 11.4. The van der Waals surface area contributed by atoms with E-state index in [1.54, 1.807) is 18.6 Å². The van der Waals surface area contributed by atoms with E-state index in [0.29, 0.717) is 12.3 Å². The van der Waals surface area contributed by atoms with E-state index < -0.39 is 11.6 Å². The van der Waals surface area contributed by atoms with Crippen molar-refractivity contribution in [1.29, 1.82) is 0 Å². The quantitative estimate of drug-likeness (QED) is 0.521. The summed E-state index contributed by atoms with van der Waals surface area (Å²) in [6.07, 6.45) is 6.63. The normalized spacial score (nSPS) is 13.4. The van der Waals surface area contributed by atoms with Crippen LogP contribution in [0.2, 0.25) is 5.02 Å². The number of aromatic nitrogens is 4. The van der Waals surface area contributed by atoms with Gasteiger partial charge in [-0.05, 0) is 23.6 Å². The van der Waals surface area contributed by atoms with E-state index in [0.717, 1.165) is 60.7 Å². The molecule has 0 bridgehead atoms. The van der Waals surface area contributed by atoms with Crippen molar-refractivity contribution in [2.45, 2.75) is 33.1 Å². The van der Waals surface area contributed by atoms with Crippen LogP contribution >= 0.6 is 24.0 Å². The van der Waals surface area contributed by atoms with Crippen LogP contribution in [0.25, 0.3) is 0 Å². The number of anilines is 1. The standard InChI is InChI=1S/C22H25ClN6.CH4.ClH.O2S/c1-16(17-2-4-18(23)5-3-17)12-21-27-19(13-20-15-25-6-7-26-20)14-22(28-21)29-10-8-24-9-11-29;;;1-3-2/h2-7,14-16,24H,8-13H2,1H3;1H4;1H;/t16-;;;/m1.../s1. The van der Waals surface area contributed by atoms with Gasteiger partial charge in [-0.3, -0.25) is 9.97 Å². The second kappa shape index (κ2) is 15.4. The molecule has 1 saturated heterocycles. The average molecular weight is 526 g/mol. The molecule has 1 N–H and O–H groups in total. The molecule has 34 heavy (non-hydrogen) atoms. The third kappa shape index (κ3) is 9.06. The number of piperazine rings is 1. The van der Waals surface area contributed by atoms with E-state index in [-0.39, 0.29) is 19.8 Å². The van der Waals surface area contributed by atoms with Gasteiger partial charge < -0.3 is 10.2 Å². The molecule has 0 spiro atoms. The molecule has 3 heterocycles. The number of hydrogen-bond donors (Lipinski definition) is 1. The van der Waals surface area contributed by atoms with Gasteiger partial charge in [-0.25, -0.2) is 9.97 Å². The third-order valence-corrected chi connectivity index (χ3v) is 5.41. The zero-order valence-corrected chi connectivity index (χ0v) is 20.6. The molecule has 4 rings (SSSR count). The zero-order valence-electron chi connectivity index (χ0n) is 18.2. The molecule has 184 valence electrons. The van der Waals surface area contributed by atoms with Crippen molar-refractivity contribution < 1.29 is 8.42 Å². The van der Waals surface area contributed by atoms with Gasteiger partial charge >= 0.3 is 11.6 Å². The number of nitrogens with one attached hydrogen (secondary N) is 1. The first kappa shape index (κ1) is 29.6. The van der Waals surface area contributed by atoms with E-state index >= 15 is 0 Å². The summed E-state index contributed by atoms with van der Waals surface area (Å²) in [5.41, 5.74) is 3.13. The lowest BCUT2D eigenvalue weighted by Gasteiger charge is -2.29. The highest BCUT2D eigenvalue weighted by atomic mass is 35.5. The lowest BCUT2D eigenvalue weighted by Crippen LogP contribution is -2.44. The summed E-state index contributed by atoms with van der Waals surface area (Å²) in [5, 5.41) is 4.15. The maximum absolute atomic E-state index is 8.29. The van der Waals surface area contributed by atoms with E-state index in [2.05, 4.69) is 45.3 Å². The Morgan fingerprint density at radius 3 is 2.38 bits per heavy atom. The Balaban J connectivity index is 0.00000110. The Kier molecular flexibility index (Phi) is 13.4. The Morgan fingerprint density at radius 1 is 1.09 bits per heavy atom. The Morgan fingerprint density at radius 2 is 1.76 bits per heavy atom. The number of rotatable bonds is 6. The van der Waals surface area contributed by atoms with Crippen LogP contribution in [0.4, 0.5) is 5.82 Å². The molecule has 2 aromatic heterocycles. The van der Waals surface area contributed by atoms with Crippen molar-refractivity contribution in [2.24, 2.45) is 0 Å². The molecule has 1 aromatic carbocycles. The van der Waals surface area contributed by atoms with Crippen LogP contribution in [0.5, 0.6) is 0 Å². The average Bonchev–Trinajstić information content (AvgIpc) is 2.81. The minimum atomic E-state index is -0.750. The highest BCUT2D eigenvalue weighted by Crippen LogP contribution is 2.23. The molecule has 0 amide bonds. The predicted octanol–water partition coefficient (Wildman–Crippen LogP) is 3.65. The first-order valence-electron chi connectivity index (χ1n) is 10.3. The van der Waals surface area contributed by atoms with Gasteiger partial charge in [0.2, 0.25) is 0 Å². The maximum atomic E-state index is 8.29. The molecule has 0 saturated carbocycles. The van der Waals surface area contributed by atoms with Crippen molar-refractivity contribution >= 4 is 41.4 Å². The van der Waals surface area contributed by atoms with Crippen molar-refractivity contribution in [3.63, 3.8) is 0 Å². The minimum Gasteiger partial charge on any atom is -0.354 e. The van der Waals surface area contributed by atoms with Crippen molar-refractivity contribution in [3.05, 3.63) is 76.7 Å². The highest BCUT2D eigenvalue weighted by Gasteiger charge is 2.17. The largest absolute Gasteiger partial charge is 0.354 e. The number of benzene rings is 1. The Bertz CT molecular complexity index is 1030. The monoisotopic (exact) mass is 524 g/mol. The molecule has 3 aromatic rings. The fourth-order valence-electron chi connectivity index (χ4n) is 3.56. The van der Waals surface area contributed by atoms with Gasteiger partial charge in [-0.1, -0.05) is 38.1 Å². The highest BCUT2D eigenvalue weighted by molar-refractivity contribution is 7.51. The number of hydrogen-bond acceptors (Lipinski definition) is 8. The van der Waals surface area contributed by atoms with Gasteiger partial charge in [0.05, 0.1) is 11.4 Å². The molecule has 1 fully saturated rings. The summed E-state index contributed by atoms with van der Waals surface area (Å²) >= 11 is 5.28. The van der Waals surface area contributed by atoms with E-state index in [4.69, 9.17) is 30.0 Å². The second-order valence-electron chi connectivity index (χ2n) is 7.47. The molecule has 8 nitrogen and oxygen atoms in total. The number of halogens is 2. The molecule has 0 unspecified atom stereocenters. The molecular weight excluding hydrogens is 495 g/mol. The minimum absolute atomic E-state index is 0. The molecule has 0 radical (unpaired) electrons. The Hall–Kier alpha value is -2.46. The van der Waals surface area contributed by atoms with Gasteiger partial charge in [0.15, 0.2) is 0 Å². The van der Waals surface area contributed by atoms with Crippen LogP contribution in [0.15, 0.2) is 48.9 Å². The third-order valence-electron chi connectivity index (χ3n) is 5.16. The first-order chi connectivity index (χ1) is 15.6. The lowest BCUT2D eigenvalue weighted by molar-refractivity contribution is 0.582. The summed E-state index contributed by atoms with van der Waals surface area (Å²) in [6, 6.07) is 10.1. The van der Waals surface area contributed by atoms with Gasteiger partial charge in [0.1, 0.15) is 11.6 Å². The van der Waals surface area contributed by atoms with E-state index in [1.165, 1.54) is 5.56 Å². The van der Waals surface area contributed by atoms with Gasteiger partial charge in [-0.15, -0.1) is 12.4 Å². The molecule has 1 aliphatic rings. The molecule has 1 atom stereocenters. The van der Waals surface area contributed by atoms with Gasteiger partial charge in [0.25, 0.3) is 0 Å². The zero-order chi connectivity index (χ0) is 22.8. The van der Waals surface area contributed by atoms with Crippen molar-refractivity contribution in [3.8, 4) is 0 Å². The van der Waals surface area contributed by atoms with E-state index in [1.807, 2.05) is 12.1 Å². The SMILES string of the molecule is C.C[C@H](Cc1nc(Cc2cnccn2)cc(N2CCNCC2)n1)c1ccc(Cl)cc1.Cl.O=S=O. The predicted molar refractivity (Wildman–Crippen MR) is 138 cm³/mol. The fourth-order valence-corrected chi connectivity index (χ4v) is 3.69. The summed E-state index contributed by atoms with van der Waals surface area (Å²) in [4.78, 5) is 20.7. The fraction of sp³-hybridized carbons (Fsp3) is 0.391. The summed E-state index contributed by atoms with van der Waals surface area (Å²) in [5.74, 6) is 2.16. The van der Waals surface area contributed by atoms with Gasteiger partial charge in [0, 0.05) is 68.7 Å². The second-order valence-corrected chi connectivity index (χ2v) is 8.04. The number of nitrogens with zero attached hydrogens (tertiary/aromatic N) is 5. The van der Waals surface area contributed by atoms with Crippen LogP contribution in [0.1, 0.15) is 43.0 Å². The smallest absolute Gasteiger partial charge is 0.335 e. The van der Waals surface area contributed by atoms with Crippen LogP contribution in [0, 0.1) is 0 Å². The van der Waals surface area contributed by atoms with Crippen LogP contribution in [-0.2, 0) is 24.4 Å². The topological polar surface area (TPSA) is 101 Å². The molecule has 0 aliphatic carbocycles. The molecule has 11 heteroatoms. The van der Waals surface area contributed by atoms with Crippen LogP contribution < -0.4 is 10.2 Å². The maximum Gasteiger partial charge on any atom is 0.335 e. The van der Waals surface area contributed by atoms with E-state index in [9.17, 15) is 0 Å². The summed E-state index contributed by atoms with van der Waals surface area (Å²) in [7, 11) is 0. The summed E-state index contributed by atoms with van der Waals surface area (Å²) in [6.45, 7) is 6.05.